The minimum absolute atomic E-state index is 0.0837. The summed E-state index contributed by atoms with van der Waals surface area (Å²) in [6.07, 6.45) is -1.02. The molecule has 0 spiro atoms. The number of halogens is 3. The van der Waals surface area contributed by atoms with Crippen molar-refractivity contribution in [3.8, 4) is 0 Å². The second kappa shape index (κ2) is 7.26. The monoisotopic (exact) mass is 354 g/mol. The number of nitrogens with two attached hydrogens (primary N) is 1. The lowest BCUT2D eigenvalue weighted by Crippen LogP contribution is -2.38. The number of hydrogen-bond acceptors (Lipinski definition) is 3. The van der Waals surface area contributed by atoms with Crippen LogP contribution in [-0.2, 0) is 5.54 Å². The van der Waals surface area contributed by atoms with E-state index in [-0.39, 0.29) is 17.9 Å². The number of nitrogens with one attached hydrogen (secondary N) is 1. The minimum atomic E-state index is -4.40. The molecule has 8 heteroatoms. The van der Waals surface area contributed by atoms with Crippen molar-refractivity contribution in [2.45, 2.75) is 38.0 Å². The van der Waals surface area contributed by atoms with Crippen molar-refractivity contribution >= 4 is 5.91 Å². The van der Waals surface area contributed by atoms with E-state index in [1.54, 1.807) is 29.0 Å². The highest BCUT2D eigenvalue weighted by molar-refractivity contribution is 5.89. The van der Waals surface area contributed by atoms with Crippen LogP contribution in [0.15, 0.2) is 42.7 Å². The van der Waals surface area contributed by atoms with Gasteiger partial charge in [0.15, 0.2) is 5.82 Å². The van der Waals surface area contributed by atoms with Crippen LogP contribution >= 0.6 is 0 Å². The van der Waals surface area contributed by atoms with Crippen LogP contribution in [0, 0.1) is 0 Å². The Kier molecular flexibility index (Phi) is 5.52. The van der Waals surface area contributed by atoms with Crippen LogP contribution in [0.3, 0.4) is 0 Å². The molecule has 136 valence electrons. The van der Waals surface area contributed by atoms with Gasteiger partial charge in [0.05, 0.1) is 0 Å². The summed E-state index contributed by atoms with van der Waals surface area (Å²) in [5.41, 5.74) is 4.82. The van der Waals surface area contributed by atoms with Gasteiger partial charge in [-0.1, -0.05) is 30.3 Å². The molecule has 0 radical (unpaired) electrons. The van der Waals surface area contributed by atoms with Crippen molar-refractivity contribution in [3.05, 3.63) is 54.1 Å². The summed E-state index contributed by atoms with van der Waals surface area (Å²) in [6.45, 7) is 3.73. The smallest absolute Gasteiger partial charge is 0.363 e. The fraction of sp³-hybridized carbons (Fsp3) is 0.412. The first kappa shape index (κ1) is 19.0. The number of carbonyl (C=O) groups is 1. The molecule has 1 amide bonds. The maximum Gasteiger partial charge on any atom is 0.407 e. The summed E-state index contributed by atoms with van der Waals surface area (Å²) in [5, 5.41) is 2.57. The Morgan fingerprint density at radius 3 is 2.48 bits per heavy atom. The lowest BCUT2D eigenvalue weighted by molar-refractivity contribution is -0.157. The number of hydrogen-bond donors (Lipinski definition) is 2. The molecule has 0 aliphatic rings. The molecule has 5 nitrogen and oxygen atoms in total. The summed E-state index contributed by atoms with van der Waals surface area (Å²) in [6, 6.07) is 5.95. The Bertz CT molecular complexity index is 710. The molecule has 1 heterocycles. The fourth-order valence-electron chi connectivity index (χ4n) is 2.69. The molecular weight excluding hydrogens is 333 g/mol. The van der Waals surface area contributed by atoms with Gasteiger partial charge in [-0.25, -0.2) is 4.98 Å². The van der Waals surface area contributed by atoms with Crippen LogP contribution in [0.1, 0.15) is 42.5 Å². The van der Waals surface area contributed by atoms with Gasteiger partial charge in [-0.2, -0.15) is 13.2 Å². The van der Waals surface area contributed by atoms with E-state index in [0.717, 1.165) is 0 Å². The zero-order valence-corrected chi connectivity index (χ0v) is 14.0. The summed E-state index contributed by atoms with van der Waals surface area (Å²) >= 11 is 0. The third-order valence-corrected chi connectivity index (χ3v) is 4.06. The maximum atomic E-state index is 13.3. The Balaban J connectivity index is 2.09. The van der Waals surface area contributed by atoms with E-state index in [4.69, 9.17) is 5.73 Å². The van der Waals surface area contributed by atoms with Gasteiger partial charge in [0.2, 0.25) is 0 Å². The zero-order chi connectivity index (χ0) is 18.7. The molecule has 2 aromatic rings. The number of rotatable bonds is 7. The van der Waals surface area contributed by atoms with E-state index in [9.17, 15) is 18.0 Å². The Morgan fingerprint density at radius 2 is 1.92 bits per heavy atom. The average molecular weight is 354 g/mol. The normalized spacial score (nSPS) is 13.6. The quantitative estimate of drug-likeness (QED) is 0.803. The van der Waals surface area contributed by atoms with E-state index in [1.807, 2.05) is 13.8 Å². The number of carbonyl (C=O) groups excluding carboxylic acids is 1. The molecule has 0 aliphatic heterocycles. The summed E-state index contributed by atoms with van der Waals surface area (Å²) in [7, 11) is 0. The number of benzene rings is 1. The summed E-state index contributed by atoms with van der Waals surface area (Å²) < 4.78 is 41.6. The highest BCUT2D eigenvalue weighted by Gasteiger charge is 2.40. The molecule has 2 rings (SSSR count). The molecule has 1 aromatic heterocycles. The number of nitrogens with zero attached hydrogens (tertiary/aromatic N) is 2. The molecule has 25 heavy (non-hydrogen) atoms. The molecule has 0 bridgehead atoms. The Morgan fingerprint density at radius 1 is 1.28 bits per heavy atom. The van der Waals surface area contributed by atoms with Gasteiger partial charge in [-0.15, -0.1) is 0 Å². The van der Waals surface area contributed by atoms with Gasteiger partial charge in [-0.05, 0) is 32.4 Å². The van der Waals surface area contributed by atoms with Crippen molar-refractivity contribution in [1.82, 2.24) is 14.9 Å². The first-order valence-corrected chi connectivity index (χ1v) is 7.81. The van der Waals surface area contributed by atoms with Crippen molar-refractivity contribution in [1.29, 1.82) is 0 Å². The van der Waals surface area contributed by atoms with E-state index in [2.05, 4.69) is 10.3 Å². The lowest BCUT2D eigenvalue weighted by atomic mass is 9.99. The minimum Gasteiger partial charge on any atom is -0.363 e. The highest BCUT2D eigenvalue weighted by atomic mass is 19.4. The molecule has 0 saturated heterocycles. The van der Waals surface area contributed by atoms with Gasteiger partial charge in [0, 0.05) is 17.9 Å². The van der Waals surface area contributed by atoms with E-state index in [0.29, 0.717) is 6.42 Å². The molecular formula is C17H21F3N4O. The second-order valence-electron chi connectivity index (χ2n) is 6.39. The number of amides is 1. The Hall–Kier alpha value is -2.35. The van der Waals surface area contributed by atoms with E-state index >= 15 is 0 Å². The third-order valence-electron chi connectivity index (χ3n) is 4.06. The maximum absolute atomic E-state index is 13.3. The summed E-state index contributed by atoms with van der Waals surface area (Å²) in [4.78, 5) is 15.3. The van der Waals surface area contributed by atoms with Crippen molar-refractivity contribution < 1.29 is 18.0 Å². The highest BCUT2D eigenvalue weighted by Crippen LogP contribution is 2.33. The lowest BCUT2D eigenvalue weighted by Gasteiger charge is -2.30. The van der Waals surface area contributed by atoms with Crippen LogP contribution < -0.4 is 11.1 Å². The number of primary amides is 1. The first-order valence-electron chi connectivity index (χ1n) is 7.81. The fourth-order valence-corrected chi connectivity index (χ4v) is 2.69. The van der Waals surface area contributed by atoms with Crippen LogP contribution in [-0.4, -0.2) is 28.2 Å². The number of imidazole rings is 1. The summed E-state index contributed by atoms with van der Waals surface area (Å²) in [5.74, 6) is -0.594. The molecule has 1 aromatic carbocycles. The second-order valence-corrected chi connectivity index (χ2v) is 6.39. The van der Waals surface area contributed by atoms with E-state index in [1.165, 1.54) is 18.3 Å². The largest absolute Gasteiger partial charge is 0.407 e. The number of aromatic nitrogens is 2. The molecule has 0 unspecified atom stereocenters. The van der Waals surface area contributed by atoms with Gasteiger partial charge in [0.1, 0.15) is 6.04 Å². The molecule has 0 fully saturated rings. The van der Waals surface area contributed by atoms with E-state index < -0.39 is 23.7 Å². The van der Waals surface area contributed by atoms with Crippen molar-refractivity contribution in [2.24, 2.45) is 5.73 Å². The zero-order valence-electron chi connectivity index (χ0n) is 14.0. The average Bonchev–Trinajstić information content (AvgIpc) is 3.02. The topological polar surface area (TPSA) is 72.9 Å². The molecule has 3 N–H and O–H groups in total. The standard InChI is InChI=1S/C17H21F3N4O/c1-16(2,24-11-10-23-15(24)14(21)25)8-9-22-13(17(18,19)20)12-6-4-3-5-7-12/h3-7,10-11,13,22H,8-9H2,1-2H3,(H2,21,25)/t13-/m0/s1. The molecule has 1 atom stereocenters. The van der Waals surface area contributed by atoms with Crippen LogP contribution in [0.5, 0.6) is 0 Å². The predicted octanol–water partition coefficient (Wildman–Crippen LogP) is 3.00. The molecule has 0 saturated carbocycles. The SMILES string of the molecule is CC(C)(CCN[C@@H](c1ccccc1)C(F)(F)F)n1ccnc1C(N)=O. The van der Waals surface area contributed by atoms with Gasteiger partial charge in [0.25, 0.3) is 5.91 Å². The first-order chi connectivity index (χ1) is 11.6. The van der Waals surface area contributed by atoms with Gasteiger partial charge < -0.3 is 15.6 Å². The Labute approximate surface area is 144 Å². The van der Waals surface area contributed by atoms with Gasteiger partial charge in [-0.3, -0.25) is 4.79 Å². The van der Waals surface area contributed by atoms with Crippen molar-refractivity contribution in [3.63, 3.8) is 0 Å². The predicted molar refractivity (Wildman–Crippen MR) is 87.9 cm³/mol. The van der Waals surface area contributed by atoms with Crippen LogP contribution in [0.2, 0.25) is 0 Å². The van der Waals surface area contributed by atoms with Crippen molar-refractivity contribution in [2.75, 3.05) is 6.54 Å². The third kappa shape index (κ3) is 4.60. The van der Waals surface area contributed by atoms with Crippen LogP contribution in [0.25, 0.3) is 0 Å². The van der Waals surface area contributed by atoms with Crippen LogP contribution in [0.4, 0.5) is 13.2 Å². The molecule has 0 aliphatic carbocycles. The van der Waals surface area contributed by atoms with Gasteiger partial charge >= 0.3 is 6.18 Å². The number of alkyl halides is 3.